The maximum absolute atomic E-state index is 12.3. The summed E-state index contributed by atoms with van der Waals surface area (Å²) in [6.45, 7) is 0. The summed E-state index contributed by atoms with van der Waals surface area (Å²) >= 11 is 9.22. The third kappa shape index (κ3) is 3.70. The van der Waals surface area contributed by atoms with Gasteiger partial charge in [0.1, 0.15) is 6.10 Å². The molecule has 1 aromatic heterocycles. The Morgan fingerprint density at radius 2 is 1.88 bits per heavy atom. The SMILES string of the molecule is O=C(Nc1ccc(Cl)cc1C(O)c1ccccc1)c1ccc(Br)o1. The molecule has 0 spiro atoms. The third-order valence-electron chi connectivity index (χ3n) is 3.47. The number of amides is 1. The molecule has 2 aromatic carbocycles. The Kier molecular flexibility index (Phi) is 5.04. The standard InChI is InChI=1S/C18H13BrClNO3/c19-16-9-8-15(24-16)18(23)21-14-7-6-12(20)10-13(14)17(22)11-4-2-1-3-5-11/h1-10,17,22H,(H,21,23). The summed E-state index contributed by atoms with van der Waals surface area (Å²) in [5.74, 6) is -0.249. The van der Waals surface area contributed by atoms with Crippen LogP contribution in [0.5, 0.6) is 0 Å². The molecule has 3 aromatic rings. The quantitative estimate of drug-likeness (QED) is 0.639. The molecule has 1 heterocycles. The van der Waals surface area contributed by atoms with Crippen LogP contribution in [0.1, 0.15) is 27.8 Å². The molecule has 3 rings (SSSR count). The molecule has 0 aliphatic rings. The fraction of sp³-hybridized carbons (Fsp3) is 0.0556. The van der Waals surface area contributed by atoms with Crippen molar-refractivity contribution >= 4 is 39.1 Å². The van der Waals surface area contributed by atoms with Crippen molar-refractivity contribution in [2.24, 2.45) is 0 Å². The van der Waals surface area contributed by atoms with Crippen molar-refractivity contribution in [3.63, 3.8) is 0 Å². The van der Waals surface area contributed by atoms with Gasteiger partial charge in [0.2, 0.25) is 0 Å². The number of hydrogen-bond donors (Lipinski definition) is 2. The third-order valence-corrected chi connectivity index (χ3v) is 4.13. The molecule has 6 heteroatoms. The lowest BCUT2D eigenvalue weighted by Crippen LogP contribution is -2.14. The maximum atomic E-state index is 12.3. The van der Waals surface area contributed by atoms with Crippen LogP contribution < -0.4 is 5.32 Å². The van der Waals surface area contributed by atoms with Gasteiger partial charge in [0.15, 0.2) is 10.4 Å². The summed E-state index contributed by atoms with van der Waals surface area (Å²) in [5, 5.41) is 13.9. The van der Waals surface area contributed by atoms with Crippen LogP contribution in [0.2, 0.25) is 5.02 Å². The molecule has 2 N–H and O–H groups in total. The average molecular weight is 407 g/mol. The number of aliphatic hydroxyl groups excluding tert-OH is 1. The van der Waals surface area contributed by atoms with Crippen molar-refractivity contribution in [1.82, 2.24) is 0 Å². The van der Waals surface area contributed by atoms with Crippen LogP contribution in [-0.2, 0) is 0 Å². The van der Waals surface area contributed by atoms with Crippen LogP contribution in [0, 0.1) is 0 Å². The minimum atomic E-state index is -0.913. The molecular weight excluding hydrogens is 394 g/mol. The number of nitrogens with one attached hydrogen (secondary N) is 1. The lowest BCUT2D eigenvalue weighted by atomic mass is 10.00. The molecule has 0 fully saturated rings. The highest BCUT2D eigenvalue weighted by Gasteiger charge is 2.18. The van der Waals surface area contributed by atoms with Gasteiger partial charge < -0.3 is 14.8 Å². The van der Waals surface area contributed by atoms with Crippen LogP contribution in [0.15, 0.2) is 69.8 Å². The van der Waals surface area contributed by atoms with Crippen molar-refractivity contribution in [3.8, 4) is 0 Å². The van der Waals surface area contributed by atoms with Crippen LogP contribution in [0.4, 0.5) is 5.69 Å². The molecule has 1 amide bonds. The van der Waals surface area contributed by atoms with Crippen LogP contribution in [0.25, 0.3) is 0 Å². The summed E-state index contributed by atoms with van der Waals surface area (Å²) < 4.78 is 5.71. The van der Waals surface area contributed by atoms with Crippen molar-refractivity contribution in [2.45, 2.75) is 6.10 Å². The topological polar surface area (TPSA) is 62.5 Å². The van der Waals surface area contributed by atoms with Crippen LogP contribution in [-0.4, -0.2) is 11.0 Å². The second-order valence-corrected chi connectivity index (χ2v) is 6.32. The minimum absolute atomic E-state index is 0.164. The van der Waals surface area contributed by atoms with Gasteiger partial charge in [0.25, 0.3) is 5.91 Å². The van der Waals surface area contributed by atoms with Crippen molar-refractivity contribution in [2.75, 3.05) is 5.32 Å². The number of rotatable bonds is 4. The Labute approximate surface area is 152 Å². The highest BCUT2D eigenvalue weighted by atomic mass is 79.9. The van der Waals surface area contributed by atoms with Gasteiger partial charge in [-0.25, -0.2) is 0 Å². The van der Waals surface area contributed by atoms with E-state index in [0.717, 1.165) is 0 Å². The van der Waals surface area contributed by atoms with Gasteiger partial charge in [-0.1, -0.05) is 41.9 Å². The van der Waals surface area contributed by atoms with E-state index in [2.05, 4.69) is 21.2 Å². The molecule has 24 heavy (non-hydrogen) atoms. The van der Waals surface area contributed by atoms with Crippen LogP contribution >= 0.6 is 27.5 Å². The highest BCUT2D eigenvalue weighted by molar-refractivity contribution is 9.10. The normalized spacial score (nSPS) is 12.0. The second-order valence-electron chi connectivity index (χ2n) is 5.10. The first kappa shape index (κ1) is 16.8. The minimum Gasteiger partial charge on any atom is -0.444 e. The van der Waals surface area contributed by atoms with E-state index in [1.54, 1.807) is 42.5 Å². The van der Waals surface area contributed by atoms with E-state index in [-0.39, 0.29) is 5.76 Å². The van der Waals surface area contributed by atoms with E-state index in [0.29, 0.717) is 26.5 Å². The number of anilines is 1. The fourth-order valence-electron chi connectivity index (χ4n) is 2.31. The predicted molar refractivity (Wildman–Crippen MR) is 96.3 cm³/mol. The average Bonchev–Trinajstić information content (AvgIpc) is 3.03. The smallest absolute Gasteiger partial charge is 0.291 e. The van der Waals surface area contributed by atoms with Crippen molar-refractivity contribution in [1.29, 1.82) is 0 Å². The zero-order chi connectivity index (χ0) is 17.1. The van der Waals surface area contributed by atoms with E-state index >= 15 is 0 Å². The zero-order valence-electron chi connectivity index (χ0n) is 12.4. The Hall–Kier alpha value is -2.08. The molecule has 1 unspecified atom stereocenters. The van der Waals surface area contributed by atoms with Gasteiger partial charge in [-0.2, -0.15) is 0 Å². The molecule has 0 aliphatic carbocycles. The highest BCUT2D eigenvalue weighted by Crippen LogP contribution is 2.31. The molecule has 0 saturated heterocycles. The van der Waals surface area contributed by atoms with Gasteiger partial charge >= 0.3 is 0 Å². The first-order valence-electron chi connectivity index (χ1n) is 7.14. The van der Waals surface area contributed by atoms with E-state index in [1.807, 2.05) is 18.2 Å². The Balaban J connectivity index is 1.92. The molecular formula is C18H13BrClNO3. The molecule has 0 saturated carbocycles. The molecule has 0 radical (unpaired) electrons. The lowest BCUT2D eigenvalue weighted by Gasteiger charge is -2.17. The van der Waals surface area contributed by atoms with E-state index < -0.39 is 12.0 Å². The van der Waals surface area contributed by atoms with E-state index in [1.165, 1.54) is 0 Å². The molecule has 0 aliphatic heterocycles. The molecule has 122 valence electrons. The van der Waals surface area contributed by atoms with Gasteiger partial charge in [0, 0.05) is 16.3 Å². The number of carbonyl (C=O) groups is 1. The summed E-state index contributed by atoms with van der Waals surface area (Å²) in [7, 11) is 0. The molecule has 1 atom stereocenters. The monoisotopic (exact) mass is 405 g/mol. The summed E-state index contributed by atoms with van der Waals surface area (Å²) in [5.41, 5.74) is 1.68. The number of hydrogen-bond acceptors (Lipinski definition) is 3. The largest absolute Gasteiger partial charge is 0.444 e. The number of benzene rings is 2. The number of halogens is 2. The lowest BCUT2D eigenvalue weighted by molar-refractivity contribution is 0.0995. The van der Waals surface area contributed by atoms with Crippen LogP contribution in [0.3, 0.4) is 0 Å². The summed E-state index contributed by atoms with van der Waals surface area (Å²) in [6.07, 6.45) is -0.913. The first-order chi connectivity index (χ1) is 11.5. The van der Waals surface area contributed by atoms with E-state index in [4.69, 9.17) is 16.0 Å². The van der Waals surface area contributed by atoms with Gasteiger partial charge in [-0.05, 0) is 51.8 Å². The van der Waals surface area contributed by atoms with Crippen molar-refractivity contribution in [3.05, 3.63) is 87.2 Å². The number of aliphatic hydroxyl groups is 1. The molecule has 4 nitrogen and oxygen atoms in total. The Morgan fingerprint density at radius 3 is 2.54 bits per heavy atom. The Bertz CT molecular complexity index is 864. The van der Waals surface area contributed by atoms with E-state index in [9.17, 15) is 9.90 Å². The van der Waals surface area contributed by atoms with Gasteiger partial charge in [-0.3, -0.25) is 4.79 Å². The first-order valence-corrected chi connectivity index (χ1v) is 8.31. The van der Waals surface area contributed by atoms with Gasteiger partial charge in [-0.15, -0.1) is 0 Å². The number of carbonyl (C=O) groups excluding carboxylic acids is 1. The fourth-order valence-corrected chi connectivity index (χ4v) is 2.80. The van der Waals surface area contributed by atoms with Gasteiger partial charge in [0.05, 0.1) is 0 Å². The predicted octanol–water partition coefficient (Wildman–Crippen LogP) is 5.03. The summed E-state index contributed by atoms with van der Waals surface area (Å²) in [4.78, 5) is 12.3. The molecule has 0 bridgehead atoms. The zero-order valence-corrected chi connectivity index (χ0v) is 14.7. The summed E-state index contributed by atoms with van der Waals surface area (Å²) in [6, 6.07) is 17.3. The second kappa shape index (κ2) is 7.21. The maximum Gasteiger partial charge on any atom is 0.291 e. The number of furan rings is 1. The van der Waals surface area contributed by atoms with Crippen molar-refractivity contribution < 1.29 is 14.3 Å². The Morgan fingerprint density at radius 1 is 1.12 bits per heavy atom.